The average Bonchev–Trinajstić information content (AvgIpc) is 3.46. The molecule has 2 aliphatic heterocycles. The summed E-state index contributed by atoms with van der Waals surface area (Å²) in [6, 6.07) is 4.49. The summed E-state index contributed by atoms with van der Waals surface area (Å²) in [5, 5.41) is 6.16. The molecule has 4 rings (SSSR count). The smallest absolute Gasteiger partial charge is 0.243 e. The van der Waals surface area contributed by atoms with Gasteiger partial charge in [-0.2, -0.15) is 4.31 Å². The monoisotopic (exact) mass is 497 g/mol. The molecule has 0 aliphatic carbocycles. The first-order valence-corrected chi connectivity index (χ1v) is 13.6. The highest BCUT2D eigenvalue weighted by atomic mass is 35.5. The van der Waals surface area contributed by atoms with Crippen molar-refractivity contribution in [3.05, 3.63) is 34.8 Å². The van der Waals surface area contributed by atoms with Crippen LogP contribution in [0.3, 0.4) is 0 Å². The summed E-state index contributed by atoms with van der Waals surface area (Å²) in [5.74, 6) is -0.177. The zero-order chi connectivity index (χ0) is 22.6. The molecule has 32 heavy (non-hydrogen) atoms. The molecule has 0 bridgehead atoms. The first-order valence-electron chi connectivity index (χ1n) is 10.9. The molecule has 11 heteroatoms. The number of nitrogens with one attached hydrogen (secondary N) is 1. The standard InChI is InChI=1S/C21H28ClN5O3S2/c22-18-5-4-17(32(29,30)27-10-1-2-11-27)16-19(18)24-20(28)6-12-25-8-3-9-26(14-13-25)21-23-7-15-31-21/h4-5,7,15-16H,1-3,6,8-14H2,(H,24,28). The molecular weight excluding hydrogens is 470 g/mol. The normalized spacial score (nSPS) is 18.6. The van der Waals surface area contributed by atoms with Crippen molar-refractivity contribution in [2.24, 2.45) is 0 Å². The second kappa shape index (κ2) is 10.5. The number of amides is 1. The summed E-state index contributed by atoms with van der Waals surface area (Å²) in [7, 11) is -3.56. The molecule has 1 aromatic heterocycles. The largest absolute Gasteiger partial charge is 0.347 e. The maximum Gasteiger partial charge on any atom is 0.243 e. The first-order chi connectivity index (χ1) is 15.4. The molecule has 0 radical (unpaired) electrons. The second-order valence-corrected chi connectivity index (χ2v) is 11.3. The molecule has 2 fully saturated rings. The number of rotatable bonds is 7. The van der Waals surface area contributed by atoms with E-state index in [9.17, 15) is 13.2 Å². The summed E-state index contributed by atoms with van der Waals surface area (Å²) < 4.78 is 27.1. The SMILES string of the molecule is O=C(CCN1CCCN(c2nccs2)CC1)Nc1cc(S(=O)(=O)N2CCCC2)ccc1Cl. The highest BCUT2D eigenvalue weighted by Gasteiger charge is 2.28. The molecule has 3 heterocycles. The van der Waals surface area contributed by atoms with Gasteiger partial charge in [0, 0.05) is 57.3 Å². The van der Waals surface area contributed by atoms with E-state index in [1.807, 2.05) is 11.6 Å². The van der Waals surface area contributed by atoms with E-state index < -0.39 is 10.0 Å². The van der Waals surface area contributed by atoms with Gasteiger partial charge in [0.15, 0.2) is 5.13 Å². The number of thiazole rings is 1. The first kappa shape index (κ1) is 23.4. The van der Waals surface area contributed by atoms with E-state index >= 15 is 0 Å². The predicted octanol–water partition coefficient (Wildman–Crippen LogP) is 3.12. The molecule has 1 N–H and O–H groups in total. The number of hydrogen-bond donors (Lipinski definition) is 1. The highest BCUT2D eigenvalue weighted by molar-refractivity contribution is 7.89. The lowest BCUT2D eigenvalue weighted by atomic mass is 10.3. The molecule has 2 aliphatic rings. The van der Waals surface area contributed by atoms with E-state index in [1.165, 1.54) is 22.5 Å². The van der Waals surface area contributed by atoms with Crippen LogP contribution < -0.4 is 10.2 Å². The fraction of sp³-hybridized carbons (Fsp3) is 0.524. The third-order valence-electron chi connectivity index (χ3n) is 5.85. The van der Waals surface area contributed by atoms with Crippen molar-refractivity contribution in [3.8, 4) is 0 Å². The van der Waals surface area contributed by atoms with Gasteiger partial charge in [0.25, 0.3) is 0 Å². The predicted molar refractivity (Wildman–Crippen MR) is 128 cm³/mol. The van der Waals surface area contributed by atoms with E-state index in [0.717, 1.165) is 50.6 Å². The minimum atomic E-state index is -3.56. The summed E-state index contributed by atoms with van der Waals surface area (Å²) in [6.45, 7) is 5.35. The van der Waals surface area contributed by atoms with Gasteiger partial charge in [-0.05, 0) is 44.0 Å². The Balaban J connectivity index is 1.32. The van der Waals surface area contributed by atoms with Crippen LogP contribution in [-0.2, 0) is 14.8 Å². The van der Waals surface area contributed by atoms with Gasteiger partial charge >= 0.3 is 0 Å². The number of sulfonamides is 1. The van der Waals surface area contributed by atoms with Gasteiger partial charge < -0.3 is 15.1 Å². The molecule has 1 aromatic carbocycles. The van der Waals surface area contributed by atoms with Gasteiger partial charge in [0.2, 0.25) is 15.9 Å². The average molecular weight is 498 g/mol. The van der Waals surface area contributed by atoms with Crippen molar-refractivity contribution >= 4 is 49.7 Å². The summed E-state index contributed by atoms with van der Waals surface area (Å²) in [4.78, 5) is 21.7. The van der Waals surface area contributed by atoms with Crippen molar-refractivity contribution < 1.29 is 13.2 Å². The molecular formula is C21H28ClN5O3S2. The molecule has 0 unspecified atom stereocenters. The van der Waals surface area contributed by atoms with Crippen molar-refractivity contribution in [2.45, 2.75) is 30.6 Å². The maximum absolute atomic E-state index is 12.8. The number of hydrogen-bond acceptors (Lipinski definition) is 7. The van der Waals surface area contributed by atoms with Crippen molar-refractivity contribution in [1.29, 1.82) is 0 Å². The van der Waals surface area contributed by atoms with Gasteiger partial charge in [-0.3, -0.25) is 4.79 Å². The van der Waals surface area contributed by atoms with Crippen LogP contribution in [0, 0.1) is 0 Å². The molecule has 1 amide bonds. The quantitative estimate of drug-likeness (QED) is 0.632. The molecule has 0 spiro atoms. The van der Waals surface area contributed by atoms with E-state index in [-0.39, 0.29) is 10.8 Å². The molecule has 174 valence electrons. The van der Waals surface area contributed by atoms with Crippen molar-refractivity contribution in [2.75, 3.05) is 56.0 Å². The Bertz CT molecular complexity index is 1030. The number of halogens is 1. The zero-order valence-corrected chi connectivity index (χ0v) is 20.3. The number of nitrogens with zero attached hydrogens (tertiary/aromatic N) is 4. The lowest BCUT2D eigenvalue weighted by Crippen LogP contribution is -2.32. The van der Waals surface area contributed by atoms with Crippen LogP contribution >= 0.6 is 22.9 Å². The summed E-state index contributed by atoms with van der Waals surface area (Å²) in [6.07, 6.45) is 4.90. The number of carbonyl (C=O) groups excluding carboxylic acids is 1. The maximum atomic E-state index is 12.8. The van der Waals surface area contributed by atoms with Crippen LogP contribution in [0.1, 0.15) is 25.7 Å². The summed E-state index contributed by atoms with van der Waals surface area (Å²) >= 11 is 7.89. The van der Waals surface area contributed by atoms with Crippen LogP contribution in [0.15, 0.2) is 34.7 Å². The van der Waals surface area contributed by atoms with Crippen LogP contribution in [0.4, 0.5) is 10.8 Å². The van der Waals surface area contributed by atoms with Gasteiger partial charge in [0.05, 0.1) is 15.6 Å². The minimum absolute atomic E-state index is 0.161. The lowest BCUT2D eigenvalue weighted by Gasteiger charge is -2.21. The van der Waals surface area contributed by atoms with Crippen LogP contribution in [0.5, 0.6) is 0 Å². The Hall–Kier alpha value is -1.72. The molecule has 2 saturated heterocycles. The number of aromatic nitrogens is 1. The number of carbonyl (C=O) groups is 1. The van der Waals surface area contributed by atoms with Crippen LogP contribution in [-0.4, -0.2) is 74.3 Å². The fourth-order valence-electron chi connectivity index (χ4n) is 4.07. The lowest BCUT2D eigenvalue weighted by molar-refractivity contribution is -0.116. The minimum Gasteiger partial charge on any atom is -0.347 e. The summed E-state index contributed by atoms with van der Waals surface area (Å²) in [5.41, 5.74) is 0.336. The third-order valence-corrected chi connectivity index (χ3v) is 8.90. The zero-order valence-electron chi connectivity index (χ0n) is 17.9. The Kier molecular flexibility index (Phi) is 7.67. The molecule has 0 saturated carbocycles. The number of anilines is 2. The van der Waals surface area contributed by atoms with E-state index in [2.05, 4.69) is 20.1 Å². The topological polar surface area (TPSA) is 85.9 Å². The Morgan fingerprint density at radius 2 is 1.91 bits per heavy atom. The van der Waals surface area contributed by atoms with E-state index in [1.54, 1.807) is 11.3 Å². The number of benzene rings is 1. The van der Waals surface area contributed by atoms with Crippen molar-refractivity contribution in [1.82, 2.24) is 14.2 Å². The second-order valence-electron chi connectivity index (χ2n) is 8.05. The third kappa shape index (κ3) is 5.60. The van der Waals surface area contributed by atoms with Gasteiger partial charge in [-0.15, -0.1) is 11.3 Å². The molecule has 0 atom stereocenters. The van der Waals surface area contributed by atoms with E-state index in [4.69, 9.17) is 11.6 Å². The highest BCUT2D eigenvalue weighted by Crippen LogP contribution is 2.28. The Labute approximate surface area is 198 Å². The molecule has 8 nitrogen and oxygen atoms in total. The van der Waals surface area contributed by atoms with Gasteiger partial charge in [-0.1, -0.05) is 11.6 Å². The Morgan fingerprint density at radius 1 is 1.09 bits per heavy atom. The fourth-order valence-corrected chi connectivity index (χ4v) is 6.47. The van der Waals surface area contributed by atoms with Gasteiger partial charge in [0.1, 0.15) is 0 Å². The van der Waals surface area contributed by atoms with E-state index in [0.29, 0.717) is 36.8 Å². The Morgan fingerprint density at radius 3 is 2.66 bits per heavy atom. The van der Waals surface area contributed by atoms with Gasteiger partial charge in [-0.25, -0.2) is 13.4 Å². The molecule has 2 aromatic rings. The van der Waals surface area contributed by atoms with Crippen molar-refractivity contribution in [3.63, 3.8) is 0 Å². The van der Waals surface area contributed by atoms with Crippen LogP contribution in [0.2, 0.25) is 5.02 Å². The van der Waals surface area contributed by atoms with Crippen LogP contribution in [0.25, 0.3) is 0 Å².